The van der Waals surface area contributed by atoms with Gasteiger partial charge in [-0.05, 0) is 12.8 Å². The zero-order valence-corrected chi connectivity index (χ0v) is 14.0. The van der Waals surface area contributed by atoms with Crippen molar-refractivity contribution in [1.29, 1.82) is 0 Å². The summed E-state index contributed by atoms with van der Waals surface area (Å²) in [5.74, 6) is -4.94. The first kappa shape index (κ1) is 26.2. The molecule has 0 radical (unpaired) electrons. The van der Waals surface area contributed by atoms with Crippen LogP contribution in [-0.4, -0.2) is 30.3 Å². The molecule has 3 nitrogen and oxygen atoms in total. The molecule has 0 amide bonds. The van der Waals surface area contributed by atoms with Gasteiger partial charge < -0.3 is 4.55 Å². The van der Waals surface area contributed by atoms with Crippen molar-refractivity contribution < 1.29 is 62.6 Å². The van der Waals surface area contributed by atoms with Crippen molar-refractivity contribution in [3.8, 4) is 0 Å². The predicted octanol–water partition coefficient (Wildman–Crippen LogP) is 1.84. The molecule has 0 N–H and O–H groups in total. The summed E-state index contributed by atoms with van der Waals surface area (Å²) in [4.78, 5) is 0. The molecule has 0 unspecified atom stereocenters. The van der Waals surface area contributed by atoms with E-state index in [1.165, 1.54) is 0 Å². The molecule has 0 aromatic carbocycles. The molecule has 0 heterocycles. The van der Waals surface area contributed by atoms with Crippen molar-refractivity contribution in [2.75, 3.05) is 0 Å². The molecule has 0 saturated carbocycles. The first-order chi connectivity index (χ1) is 10.2. The van der Waals surface area contributed by atoms with Crippen LogP contribution < -0.4 is 18.9 Å². The van der Waals surface area contributed by atoms with E-state index in [1.54, 1.807) is 0 Å². The SMILES string of the molecule is O=S(=O)([O-])C(F)(F)C(F)(F)CCCCCCCCCC(F)(F)F.[Li+]. The monoisotopic (exact) mass is 382 g/mol. The Labute approximate surface area is 148 Å². The standard InChI is InChI=1S/C12H19F7O3S.Li/c13-10(14,12(18,19)23(20,21)22)8-6-4-2-1-3-5-7-9-11(15,16)17;/h1-9H2,(H,20,21,22);/q;+1/p-1. The minimum absolute atomic E-state index is 0. The number of unbranched alkanes of at least 4 members (excludes halogenated alkanes) is 6. The molecule has 0 bridgehead atoms. The zero-order valence-electron chi connectivity index (χ0n) is 13.1. The fraction of sp³-hybridized carbons (Fsp3) is 1.00. The van der Waals surface area contributed by atoms with Crippen LogP contribution in [0.5, 0.6) is 0 Å². The molecule has 0 aliphatic heterocycles. The predicted molar refractivity (Wildman–Crippen MR) is 67.2 cm³/mol. The third-order valence-corrected chi connectivity index (χ3v) is 4.12. The van der Waals surface area contributed by atoms with E-state index in [9.17, 15) is 43.7 Å². The molecular weight excluding hydrogens is 364 g/mol. The third-order valence-electron chi connectivity index (χ3n) is 3.19. The smallest absolute Gasteiger partial charge is 0.743 e. The molecule has 0 fully saturated rings. The van der Waals surface area contributed by atoms with Crippen LogP contribution in [0.4, 0.5) is 30.7 Å². The van der Waals surface area contributed by atoms with Crippen molar-refractivity contribution in [3.63, 3.8) is 0 Å². The number of hydrogen-bond acceptors (Lipinski definition) is 3. The van der Waals surface area contributed by atoms with Gasteiger partial charge in [-0.3, -0.25) is 0 Å². The average molecular weight is 382 g/mol. The van der Waals surface area contributed by atoms with Gasteiger partial charge in [0.2, 0.25) is 0 Å². The van der Waals surface area contributed by atoms with Gasteiger partial charge in [-0.15, -0.1) is 0 Å². The molecule has 140 valence electrons. The Hall–Kier alpha value is 0.0174. The van der Waals surface area contributed by atoms with Crippen molar-refractivity contribution in [3.05, 3.63) is 0 Å². The summed E-state index contributed by atoms with van der Waals surface area (Å²) in [5.41, 5.74) is 0. The Kier molecular flexibility index (Phi) is 11.2. The van der Waals surface area contributed by atoms with Gasteiger partial charge in [-0.2, -0.15) is 30.7 Å². The van der Waals surface area contributed by atoms with Gasteiger partial charge >= 0.3 is 36.2 Å². The van der Waals surface area contributed by atoms with E-state index in [0.717, 1.165) is 0 Å². The number of rotatable bonds is 11. The van der Waals surface area contributed by atoms with Gasteiger partial charge in [0.05, 0.1) is 0 Å². The van der Waals surface area contributed by atoms with E-state index in [4.69, 9.17) is 0 Å². The second kappa shape index (κ2) is 10.2. The molecule has 0 aromatic heterocycles. The molecular formula is C12H18F7LiO3S. The Morgan fingerprint density at radius 1 is 0.667 bits per heavy atom. The Bertz CT molecular complexity index is 452. The Morgan fingerprint density at radius 2 is 1.00 bits per heavy atom. The van der Waals surface area contributed by atoms with E-state index in [-0.39, 0.29) is 31.7 Å². The fourth-order valence-corrected chi connectivity index (χ4v) is 2.35. The summed E-state index contributed by atoms with van der Waals surface area (Å²) in [5, 5.41) is -5.66. The van der Waals surface area contributed by atoms with Gasteiger partial charge in [0.1, 0.15) is 0 Å². The van der Waals surface area contributed by atoms with Gasteiger partial charge in [0.25, 0.3) is 0 Å². The molecule has 0 aliphatic rings. The molecule has 0 rings (SSSR count). The summed E-state index contributed by atoms with van der Waals surface area (Å²) in [7, 11) is -6.46. The first-order valence-electron chi connectivity index (χ1n) is 6.98. The molecule has 12 heteroatoms. The second-order valence-electron chi connectivity index (χ2n) is 5.27. The fourth-order valence-electron chi connectivity index (χ4n) is 1.88. The molecule has 0 atom stereocenters. The van der Waals surface area contributed by atoms with Crippen molar-refractivity contribution in [2.24, 2.45) is 0 Å². The van der Waals surface area contributed by atoms with Crippen molar-refractivity contribution in [1.82, 2.24) is 0 Å². The maximum Gasteiger partial charge on any atom is 1.00 e. The summed E-state index contributed by atoms with van der Waals surface area (Å²) >= 11 is 0. The van der Waals surface area contributed by atoms with E-state index in [2.05, 4.69) is 0 Å². The minimum atomic E-state index is -6.46. The van der Waals surface area contributed by atoms with Gasteiger partial charge in [0, 0.05) is 12.8 Å². The number of halogens is 7. The van der Waals surface area contributed by atoms with Crippen LogP contribution in [0.3, 0.4) is 0 Å². The summed E-state index contributed by atoms with van der Waals surface area (Å²) in [6, 6.07) is 0. The van der Waals surface area contributed by atoms with Crippen LogP contribution in [0.25, 0.3) is 0 Å². The van der Waals surface area contributed by atoms with Crippen LogP contribution in [0.2, 0.25) is 0 Å². The van der Waals surface area contributed by atoms with E-state index < -0.39 is 46.7 Å². The second-order valence-corrected chi connectivity index (χ2v) is 6.69. The summed E-state index contributed by atoms with van der Waals surface area (Å²) in [6.45, 7) is 0. The summed E-state index contributed by atoms with van der Waals surface area (Å²) < 4.78 is 118. The zero-order chi connectivity index (χ0) is 18.4. The summed E-state index contributed by atoms with van der Waals surface area (Å²) in [6.07, 6.45) is -5.33. The van der Waals surface area contributed by atoms with Crippen LogP contribution in [0, 0.1) is 0 Å². The van der Waals surface area contributed by atoms with Gasteiger partial charge in [0.15, 0.2) is 10.1 Å². The largest absolute Gasteiger partial charge is 1.00 e. The van der Waals surface area contributed by atoms with Crippen LogP contribution in [-0.2, 0) is 10.1 Å². The maximum absolute atomic E-state index is 13.0. The van der Waals surface area contributed by atoms with Crippen molar-refractivity contribution in [2.45, 2.75) is 75.1 Å². The average Bonchev–Trinajstić information content (AvgIpc) is 2.33. The molecule has 0 spiro atoms. The quantitative estimate of drug-likeness (QED) is 0.237. The van der Waals surface area contributed by atoms with Gasteiger partial charge in [-0.1, -0.05) is 32.1 Å². The van der Waals surface area contributed by atoms with Crippen LogP contribution in [0.15, 0.2) is 0 Å². The van der Waals surface area contributed by atoms with E-state index >= 15 is 0 Å². The normalized spacial score (nSPS) is 13.7. The van der Waals surface area contributed by atoms with E-state index in [1.807, 2.05) is 0 Å². The van der Waals surface area contributed by atoms with Crippen LogP contribution in [0.1, 0.15) is 57.8 Å². The first-order valence-corrected chi connectivity index (χ1v) is 8.39. The Balaban J connectivity index is 0. The number of alkyl halides is 7. The third kappa shape index (κ3) is 9.49. The van der Waals surface area contributed by atoms with Crippen molar-refractivity contribution >= 4 is 10.1 Å². The van der Waals surface area contributed by atoms with Gasteiger partial charge in [-0.25, -0.2) is 8.42 Å². The molecule has 0 aliphatic carbocycles. The molecule has 0 aromatic rings. The Morgan fingerprint density at radius 3 is 1.33 bits per heavy atom. The molecule has 0 saturated heterocycles. The van der Waals surface area contributed by atoms with E-state index in [0.29, 0.717) is 25.7 Å². The minimum Gasteiger partial charge on any atom is -0.743 e. The molecule has 24 heavy (non-hydrogen) atoms. The number of hydrogen-bond donors (Lipinski definition) is 0. The maximum atomic E-state index is 13.0. The van der Waals surface area contributed by atoms with Crippen LogP contribution >= 0.6 is 0 Å². The topological polar surface area (TPSA) is 57.2 Å².